The maximum Gasteiger partial charge on any atom is 0.272 e. The first kappa shape index (κ1) is 18.7. The highest BCUT2D eigenvalue weighted by molar-refractivity contribution is 7.98. The van der Waals surface area contributed by atoms with Gasteiger partial charge < -0.3 is 9.47 Å². The van der Waals surface area contributed by atoms with Crippen molar-refractivity contribution >= 4 is 39.1 Å². The third kappa shape index (κ3) is 3.43. The number of hydrogen-bond acceptors (Lipinski definition) is 7. The van der Waals surface area contributed by atoms with Crippen LogP contribution >= 0.6 is 23.1 Å². The van der Waals surface area contributed by atoms with E-state index < -0.39 is 0 Å². The van der Waals surface area contributed by atoms with Crippen molar-refractivity contribution in [3.05, 3.63) is 51.6 Å². The molecule has 0 aliphatic carbocycles. The van der Waals surface area contributed by atoms with Gasteiger partial charge in [-0.3, -0.25) is 13.8 Å². The summed E-state index contributed by atoms with van der Waals surface area (Å²) in [5.74, 6) is 2.14. The molecule has 0 radical (unpaired) electrons. The third-order valence-electron chi connectivity index (χ3n) is 5.09. The lowest BCUT2D eigenvalue weighted by molar-refractivity contribution is 0.0969. The minimum atomic E-state index is -0.0188. The van der Waals surface area contributed by atoms with Gasteiger partial charge in [-0.15, -0.1) is 21.5 Å². The van der Waals surface area contributed by atoms with Crippen LogP contribution in [0.4, 0.5) is 0 Å². The number of benzene rings is 1. The SMILES string of the molecule is COc1cccc(CSc2nnc3n(CC4CCCO4)c(=O)c4sccc4n23)c1. The minimum absolute atomic E-state index is 0.0188. The van der Waals surface area contributed by atoms with E-state index in [1.165, 1.54) is 11.3 Å². The van der Waals surface area contributed by atoms with Crippen LogP contribution in [0.25, 0.3) is 16.0 Å². The van der Waals surface area contributed by atoms with E-state index in [4.69, 9.17) is 9.47 Å². The minimum Gasteiger partial charge on any atom is -0.497 e. The molecule has 9 heteroatoms. The molecule has 1 unspecified atom stereocenters. The lowest BCUT2D eigenvalue weighted by Crippen LogP contribution is -2.28. The molecule has 0 amide bonds. The molecule has 5 rings (SSSR count). The molecule has 0 spiro atoms. The number of rotatable bonds is 6. The number of thiophene rings is 1. The van der Waals surface area contributed by atoms with Crippen molar-refractivity contribution in [3.63, 3.8) is 0 Å². The molecule has 1 saturated heterocycles. The summed E-state index contributed by atoms with van der Waals surface area (Å²) in [7, 11) is 1.67. The molecule has 0 saturated carbocycles. The van der Waals surface area contributed by atoms with Crippen molar-refractivity contribution in [2.45, 2.75) is 36.4 Å². The van der Waals surface area contributed by atoms with E-state index in [-0.39, 0.29) is 11.7 Å². The van der Waals surface area contributed by atoms with E-state index in [0.29, 0.717) is 12.3 Å². The molecule has 1 aromatic carbocycles. The van der Waals surface area contributed by atoms with Gasteiger partial charge in [0.05, 0.1) is 25.3 Å². The van der Waals surface area contributed by atoms with Gasteiger partial charge in [-0.25, -0.2) is 0 Å². The summed E-state index contributed by atoms with van der Waals surface area (Å²) in [5.41, 5.74) is 1.98. The fourth-order valence-electron chi connectivity index (χ4n) is 3.66. The van der Waals surface area contributed by atoms with Gasteiger partial charge >= 0.3 is 0 Å². The molecule has 0 bridgehead atoms. The maximum atomic E-state index is 13.1. The van der Waals surface area contributed by atoms with Crippen molar-refractivity contribution in [1.29, 1.82) is 0 Å². The highest BCUT2D eigenvalue weighted by Gasteiger charge is 2.22. The van der Waals surface area contributed by atoms with Crippen molar-refractivity contribution in [2.75, 3.05) is 13.7 Å². The quantitative estimate of drug-likeness (QED) is 0.437. The number of hydrogen-bond donors (Lipinski definition) is 0. The second-order valence-corrected chi connectivity index (χ2v) is 8.80. The molecule has 150 valence electrons. The standard InChI is InChI=1S/C20H20N4O3S2/c1-26-14-5-2-4-13(10-14)12-29-20-22-21-19-23(11-15-6-3-8-27-15)18(25)17-16(24(19)20)7-9-28-17/h2,4-5,7,9-10,15H,3,6,8,11-12H2,1H3. The van der Waals surface area contributed by atoms with E-state index in [9.17, 15) is 4.79 Å². The highest BCUT2D eigenvalue weighted by atomic mass is 32.2. The first-order valence-electron chi connectivity index (χ1n) is 9.47. The monoisotopic (exact) mass is 428 g/mol. The summed E-state index contributed by atoms with van der Waals surface area (Å²) in [6.07, 6.45) is 2.05. The summed E-state index contributed by atoms with van der Waals surface area (Å²) in [6, 6.07) is 9.95. The Labute approximate surface area is 175 Å². The molecule has 1 atom stereocenters. The Bertz CT molecular complexity index is 1220. The molecule has 4 aromatic rings. The molecule has 7 nitrogen and oxygen atoms in total. The van der Waals surface area contributed by atoms with E-state index in [1.54, 1.807) is 23.4 Å². The number of ether oxygens (including phenoxy) is 2. The summed E-state index contributed by atoms with van der Waals surface area (Å²) >= 11 is 3.05. The van der Waals surface area contributed by atoms with Crippen LogP contribution in [0.1, 0.15) is 18.4 Å². The van der Waals surface area contributed by atoms with Crippen LogP contribution in [0.2, 0.25) is 0 Å². The third-order valence-corrected chi connectivity index (χ3v) is 6.99. The molecular weight excluding hydrogens is 408 g/mol. The predicted octanol–water partition coefficient (Wildman–Crippen LogP) is 3.59. The summed E-state index contributed by atoms with van der Waals surface area (Å²) in [4.78, 5) is 13.1. The van der Waals surface area contributed by atoms with Gasteiger partial charge in [-0.1, -0.05) is 23.9 Å². The Kier molecular flexibility index (Phi) is 5.03. The van der Waals surface area contributed by atoms with Crippen LogP contribution in [0.3, 0.4) is 0 Å². The van der Waals surface area contributed by atoms with Gasteiger partial charge in [0.15, 0.2) is 5.16 Å². The van der Waals surface area contributed by atoms with Crippen LogP contribution in [-0.2, 0) is 17.0 Å². The molecular formula is C20H20N4O3S2. The zero-order valence-electron chi connectivity index (χ0n) is 15.9. The zero-order valence-corrected chi connectivity index (χ0v) is 17.5. The van der Waals surface area contributed by atoms with Gasteiger partial charge in [0, 0.05) is 12.4 Å². The maximum absolute atomic E-state index is 13.1. The number of aromatic nitrogens is 4. The highest BCUT2D eigenvalue weighted by Crippen LogP contribution is 2.28. The predicted molar refractivity (Wildman–Crippen MR) is 114 cm³/mol. The van der Waals surface area contributed by atoms with Crippen LogP contribution in [0.15, 0.2) is 45.7 Å². The Morgan fingerprint density at radius 3 is 3.10 bits per heavy atom. The second-order valence-electron chi connectivity index (χ2n) is 6.94. The zero-order chi connectivity index (χ0) is 19.8. The first-order chi connectivity index (χ1) is 14.2. The molecule has 1 aliphatic rings. The first-order valence-corrected chi connectivity index (χ1v) is 11.3. The number of nitrogens with zero attached hydrogens (tertiary/aromatic N) is 4. The molecule has 1 aliphatic heterocycles. The van der Waals surface area contributed by atoms with E-state index in [0.717, 1.165) is 51.9 Å². The normalized spacial score (nSPS) is 16.8. The average Bonchev–Trinajstić information content (AvgIpc) is 3.50. The number of fused-ring (bicyclic) bond motifs is 3. The van der Waals surface area contributed by atoms with E-state index in [2.05, 4.69) is 16.3 Å². The van der Waals surface area contributed by atoms with Crippen LogP contribution < -0.4 is 10.3 Å². The van der Waals surface area contributed by atoms with Gasteiger partial charge in [0.2, 0.25) is 5.78 Å². The largest absolute Gasteiger partial charge is 0.497 e. The van der Waals surface area contributed by atoms with Crippen molar-refractivity contribution in [3.8, 4) is 5.75 Å². The number of methoxy groups -OCH3 is 1. The Morgan fingerprint density at radius 1 is 1.34 bits per heavy atom. The van der Waals surface area contributed by atoms with E-state index in [1.807, 2.05) is 34.0 Å². The molecule has 29 heavy (non-hydrogen) atoms. The fourth-order valence-corrected chi connectivity index (χ4v) is 5.37. The average molecular weight is 429 g/mol. The Morgan fingerprint density at radius 2 is 2.28 bits per heavy atom. The van der Waals surface area contributed by atoms with Crippen molar-refractivity contribution in [1.82, 2.24) is 19.2 Å². The molecule has 0 N–H and O–H groups in total. The van der Waals surface area contributed by atoms with Gasteiger partial charge in [0.1, 0.15) is 10.4 Å². The van der Waals surface area contributed by atoms with Crippen molar-refractivity contribution < 1.29 is 9.47 Å². The topological polar surface area (TPSA) is 70.7 Å². The molecule has 4 heterocycles. The van der Waals surface area contributed by atoms with Crippen LogP contribution in [0, 0.1) is 0 Å². The van der Waals surface area contributed by atoms with Gasteiger partial charge in [0.25, 0.3) is 5.56 Å². The lowest BCUT2D eigenvalue weighted by Gasteiger charge is -2.13. The molecule has 1 fully saturated rings. The van der Waals surface area contributed by atoms with Gasteiger partial charge in [-0.2, -0.15) is 0 Å². The second kappa shape index (κ2) is 7.81. The van der Waals surface area contributed by atoms with Crippen LogP contribution in [-0.4, -0.2) is 39.0 Å². The lowest BCUT2D eigenvalue weighted by atomic mass is 10.2. The van der Waals surface area contributed by atoms with Crippen LogP contribution in [0.5, 0.6) is 5.75 Å². The molecule has 3 aromatic heterocycles. The Balaban J connectivity index is 1.54. The fraction of sp³-hybridized carbons (Fsp3) is 0.350. The summed E-state index contributed by atoms with van der Waals surface area (Å²) in [6.45, 7) is 1.26. The number of thioether (sulfide) groups is 1. The smallest absolute Gasteiger partial charge is 0.272 e. The van der Waals surface area contributed by atoms with Gasteiger partial charge in [-0.05, 0) is 42.0 Å². The Hall–Kier alpha value is -2.36. The summed E-state index contributed by atoms with van der Waals surface area (Å²) < 4.78 is 15.5. The summed E-state index contributed by atoms with van der Waals surface area (Å²) in [5, 5.41) is 11.5. The van der Waals surface area contributed by atoms with E-state index >= 15 is 0 Å². The van der Waals surface area contributed by atoms with Crippen molar-refractivity contribution in [2.24, 2.45) is 0 Å².